The molecule has 1 nitrogen and oxygen atoms in total. The minimum absolute atomic E-state index is 0.483. The molecule has 0 bridgehead atoms. The summed E-state index contributed by atoms with van der Waals surface area (Å²) in [4.78, 5) is 0. The predicted molar refractivity (Wildman–Crippen MR) is 77.1 cm³/mol. The highest BCUT2D eigenvalue weighted by molar-refractivity contribution is 5.66. The molecule has 0 atom stereocenters. The van der Waals surface area contributed by atoms with Gasteiger partial charge in [-0.25, -0.2) is 0 Å². The molecular formula is C17H20O. The topological polar surface area (TPSA) is 9.23 Å². The standard InChI is InChI=1S/C17H20O/c1-4-18-17-12-15(10-11-16(17)13(2)3)14-8-6-5-7-9-14/h5-13H,4H2,1-3H3. The van der Waals surface area contributed by atoms with Gasteiger partial charge in [-0.3, -0.25) is 0 Å². The molecule has 2 aromatic rings. The van der Waals surface area contributed by atoms with Crippen LogP contribution >= 0.6 is 0 Å². The van der Waals surface area contributed by atoms with Crippen LogP contribution < -0.4 is 4.74 Å². The van der Waals surface area contributed by atoms with Crippen LogP contribution in [0.3, 0.4) is 0 Å². The van der Waals surface area contributed by atoms with Gasteiger partial charge in [-0.05, 0) is 35.6 Å². The SMILES string of the molecule is CCOc1cc(-c2ccccc2)ccc1C(C)C. The van der Waals surface area contributed by atoms with E-state index in [0.717, 1.165) is 5.75 Å². The van der Waals surface area contributed by atoms with E-state index in [-0.39, 0.29) is 0 Å². The smallest absolute Gasteiger partial charge is 0.123 e. The van der Waals surface area contributed by atoms with Crippen molar-refractivity contribution in [3.8, 4) is 16.9 Å². The van der Waals surface area contributed by atoms with E-state index in [4.69, 9.17) is 4.74 Å². The number of hydrogen-bond acceptors (Lipinski definition) is 1. The van der Waals surface area contributed by atoms with Gasteiger partial charge >= 0.3 is 0 Å². The zero-order valence-electron chi connectivity index (χ0n) is 11.3. The van der Waals surface area contributed by atoms with E-state index >= 15 is 0 Å². The maximum absolute atomic E-state index is 5.76. The van der Waals surface area contributed by atoms with Crippen molar-refractivity contribution in [2.75, 3.05) is 6.61 Å². The molecule has 0 spiro atoms. The average molecular weight is 240 g/mol. The van der Waals surface area contributed by atoms with Crippen LogP contribution in [0.2, 0.25) is 0 Å². The van der Waals surface area contributed by atoms with Gasteiger partial charge in [0.1, 0.15) is 5.75 Å². The van der Waals surface area contributed by atoms with E-state index < -0.39 is 0 Å². The van der Waals surface area contributed by atoms with Crippen LogP contribution in [-0.2, 0) is 0 Å². The molecule has 94 valence electrons. The van der Waals surface area contributed by atoms with E-state index in [1.165, 1.54) is 16.7 Å². The van der Waals surface area contributed by atoms with Crippen molar-refractivity contribution >= 4 is 0 Å². The zero-order valence-corrected chi connectivity index (χ0v) is 11.3. The number of hydrogen-bond donors (Lipinski definition) is 0. The van der Waals surface area contributed by atoms with E-state index in [0.29, 0.717) is 12.5 Å². The Balaban J connectivity index is 2.43. The Labute approximate surface area is 109 Å². The Bertz CT molecular complexity index is 500. The summed E-state index contributed by atoms with van der Waals surface area (Å²) in [5, 5.41) is 0. The summed E-state index contributed by atoms with van der Waals surface area (Å²) < 4.78 is 5.76. The molecule has 2 rings (SSSR count). The third kappa shape index (κ3) is 2.73. The van der Waals surface area contributed by atoms with Crippen LogP contribution in [0, 0.1) is 0 Å². The number of benzene rings is 2. The first-order chi connectivity index (χ1) is 8.72. The first-order valence-electron chi connectivity index (χ1n) is 6.54. The Morgan fingerprint density at radius 1 is 0.944 bits per heavy atom. The fraction of sp³-hybridized carbons (Fsp3) is 0.294. The van der Waals surface area contributed by atoms with Crippen molar-refractivity contribution in [1.29, 1.82) is 0 Å². The van der Waals surface area contributed by atoms with Gasteiger partial charge in [0, 0.05) is 0 Å². The minimum Gasteiger partial charge on any atom is -0.494 e. The van der Waals surface area contributed by atoms with E-state index in [9.17, 15) is 0 Å². The van der Waals surface area contributed by atoms with Crippen LogP contribution in [0.1, 0.15) is 32.3 Å². The molecule has 0 saturated heterocycles. The summed E-state index contributed by atoms with van der Waals surface area (Å²) in [6.45, 7) is 7.12. The minimum atomic E-state index is 0.483. The summed E-state index contributed by atoms with van der Waals surface area (Å²) in [5.74, 6) is 1.49. The van der Waals surface area contributed by atoms with Gasteiger partial charge in [-0.1, -0.05) is 56.3 Å². The van der Waals surface area contributed by atoms with Crippen LogP contribution in [0.4, 0.5) is 0 Å². The van der Waals surface area contributed by atoms with Crippen LogP contribution in [-0.4, -0.2) is 6.61 Å². The molecule has 0 aliphatic carbocycles. The highest BCUT2D eigenvalue weighted by Crippen LogP contribution is 2.31. The summed E-state index contributed by atoms with van der Waals surface area (Å²) in [6, 6.07) is 16.9. The second-order valence-electron chi connectivity index (χ2n) is 4.71. The van der Waals surface area contributed by atoms with Crippen LogP contribution in [0.15, 0.2) is 48.5 Å². The quantitative estimate of drug-likeness (QED) is 0.740. The maximum Gasteiger partial charge on any atom is 0.123 e. The van der Waals surface area contributed by atoms with Gasteiger partial charge in [0.2, 0.25) is 0 Å². The number of rotatable bonds is 4. The molecule has 0 fully saturated rings. The van der Waals surface area contributed by atoms with Crippen LogP contribution in [0.5, 0.6) is 5.75 Å². The Hall–Kier alpha value is -1.76. The Kier molecular flexibility index (Phi) is 4.03. The first kappa shape index (κ1) is 12.7. The highest BCUT2D eigenvalue weighted by atomic mass is 16.5. The maximum atomic E-state index is 5.76. The monoisotopic (exact) mass is 240 g/mol. The van der Waals surface area contributed by atoms with Crippen molar-refractivity contribution in [1.82, 2.24) is 0 Å². The van der Waals surface area contributed by atoms with Crippen molar-refractivity contribution in [2.45, 2.75) is 26.7 Å². The predicted octanol–water partition coefficient (Wildman–Crippen LogP) is 4.88. The fourth-order valence-corrected chi connectivity index (χ4v) is 2.10. The van der Waals surface area contributed by atoms with Crippen molar-refractivity contribution in [3.63, 3.8) is 0 Å². The molecule has 0 aromatic heterocycles. The normalized spacial score (nSPS) is 10.7. The van der Waals surface area contributed by atoms with E-state index in [1.807, 2.05) is 13.0 Å². The van der Waals surface area contributed by atoms with Crippen LogP contribution in [0.25, 0.3) is 11.1 Å². The lowest BCUT2D eigenvalue weighted by molar-refractivity contribution is 0.335. The number of ether oxygens (including phenoxy) is 1. The summed E-state index contributed by atoms with van der Waals surface area (Å²) in [5.41, 5.74) is 3.72. The van der Waals surface area contributed by atoms with E-state index in [2.05, 4.69) is 56.3 Å². The second-order valence-corrected chi connectivity index (χ2v) is 4.71. The third-order valence-electron chi connectivity index (χ3n) is 3.04. The fourth-order valence-electron chi connectivity index (χ4n) is 2.10. The largest absolute Gasteiger partial charge is 0.494 e. The van der Waals surface area contributed by atoms with Crippen molar-refractivity contribution in [3.05, 3.63) is 54.1 Å². The van der Waals surface area contributed by atoms with Gasteiger partial charge in [-0.15, -0.1) is 0 Å². The molecule has 0 radical (unpaired) electrons. The third-order valence-corrected chi connectivity index (χ3v) is 3.04. The molecule has 2 aromatic carbocycles. The van der Waals surface area contributed by atoms with Gasteiger partial charge in [0.25, 0.3) is 0 Å². The molecule has 0 heterocycles. The lowest BCUT2D eigenvalue weighted by Crippen LogP contribution is -1.98. The van der Waals surface area contributed by atoms with Gasteiger partial charge in [0.05, 0.1) is 6.61 Å². The Morgan fingerprint density at radius 2 is 1.67 bits per heavy atom. The molecule has 0 saturated carbocycles. The van der Waals surface area contributed by atoms with Gasteiger partial charge in [-0.2, -0.15) is 0 Å². The molecule has 0 N–H and O–H groups in total. The molecule has 0 aliphatic rings. The summed E-state index contributed by atoms with van der Waals surface area (Å²) in [6.07, 6.45) is 0. The molecule has 18 heavy (non-hydrogen) atoms. The lowest BCUT2D eigenvalue weighted by Gasteiger charge is -2.14. The molecule has 0 unspecified atom stereocenters. The summed E-state index contributed by atoms with van der Waals surface area (Å²) in [7, 11) is 0. The average Bonchev–Trinajstić information content (AvgIpc) is 2.40. The Morgan fingerprint density at radius 3 is 2.28 bits per heavy atom. The molecule has 0 amide bonds. The zero-order chi connectivity index (χ0) is 13.0. The summed E-state index contributed by atoms with van der Waals surface area (Å²) >= 11 is 0. The van der Waals surface area contributed by atoms with Gasteiger partial charge in [0.15, 0.2) is 0 Å². The van der Waals surface area contributed by atoms with Gasteiger partial charge < -0.3 is 4.74 Å². The lowest BCUT2D eigenvalue weighted by atomic mass is 9.97. The molecule has 1 heteroatoms. The van der Waals surface area contributed by atoms with Crippen molar-refractivity contribution in [2.24, 2.45) is 0 Å². The second kappa shape index (κ2) is 5.72. The van der Waals surface area contributed by atoms with Crippen molar-refractivity contribution < 1.29 is 4.74 Å². The molecular weight excluding hydrogens is 220 g/mol. The highest BCUT2D eigenvalue weighted by Gasteiger charge is 2.09. The first-order valence-corrected chi connectivity index (χ1v) is 6.54. The molecule has 0 aliphatic heterocycles. The van der Waals surface area contributed by atoms with E-state index in [1.54, 1.807) is 0 Å².